The SMILES string of the molecule is CCc1cc(C)cc[c]1[AlH2]. The molecule has 1 aromatic carbocycles. The van der Waals surface area contributed by atoms with Crippen LogP contribution in [0.5, 0.6) is 0 Å². The largest absolute Gasteiger partial charge is 0.259 e. The van der Waals surface area contributed by atoms with Crippen molar-refractivity contribution >= 4 is 20.7 Å². The fourth-order valence-electron chi connectivity index (χ4n) is 1.18. The third kappa shape index (κ3) is 1.62. The second-order valence-corrected chi connectivity index (χ2v) is 3.86. The summed E-state index contributed by atoms with van der Waals surface area (Å²) < 4.78 is 1.55. The van der Waals surface area contributed by atoms with Crippen LogP contribution in [0.15, 0.2) is 18.2 Å². The monoisotopic (exact) mass is 148 g/mol. The van der Waals surface area contributed by atoms with E-state index in [-0.39, 0.29) is 0 Å². The van der Waals surface area contributed by atoms with E-state index in [2.05, 4.69) is 32.0 Å². The molecular weight excluding hydrogens is 135 g/mol. The molecule has 0 bridgehead atoms. The van der Waals surface area contributed by atoms with E-state index < -0.39 is 0 Å². The Hall–Kier alpha value is -0.248. The number of hydrogen-bond donors (Lipinski definition) is 0. The molecule has 0 spiro atoms. The van der Waals surface area contributed by atoms with Crippen LogP contribution in [0.3, 0.4) is 0 Å². The Morgan fingerprint density at radius 3 is 2.60 bits per heavy atom. The summed E-state index contributed by atoms with van der Waals surface area (Å²) in [7, 11) is 0. The maximum Gasteiger partial charge on any atom is 0.259 e. The minimum atomic E-state index is 1.18. The molecule has 0 aliphatic rings. The summed E-state index contributed by atoms with van der Waals surface area (Å²) in [4.78, 5) is 0. The van der Waals surface area contributed by atoms with E-state index in [1.165, 1.54) is 33.8 Å². The Morgan fingerprint density at radius 1 is 1.40 bits per heavy atom. The van der Waals surface area contributed by atoms with E-state index >= 15 is 0 Å². The first-order valence-corrected chi connectivity index (χ1v) is 4.80. The molecule has 52 valence electrons. The Balaban J connectivity index is 3.09. The Kier molecular flexibility index (Phi) is 2.54. The van der Waals surface area contributed by atoms with Crippen molar-refractivity contribution < 1.29 is 0 Å². The molecule has 0 atom stereocenters. The molecule has 0 aromatic heterocycles. The lowest BCUT2D eigenvalue weighted by atomic mass is 10.1. The molecule has 0 saturated carbocycles. The summed E-state index contributed by atoms with van der Waals surface area (Å²) in [6.07, 6.45) is 1.18. The first kappa shape index (κ1) is 7.86. The Labute approximate surface area is 70.7 Å². The number of rotatable bonds is 1. The van der Waals surface area contributed by atoms with E-state index in [1.807, 2.05) is 0 Å². The zero-order valence-electron chi connectivity index (χ0n) is 6.94. The number of benzene rings is 1. The highest BCUT2D eigenvalue weighted by molar-refractivity contribution is 6.33. The van der Waals surface area contributed by atoms with Gasteiger partial charge in [0.05, 0.1) is 0 Å². The van der Waals surface area contributed by atoms with Crippen molar-refractivity contribution in [1.29, 1.82) is 0 Å². The molecule has 10 heavy (non-hydrogen) atoms. The molecular formula is C9H13Al. The molecule has 0 N–H and O–H groups in total. The van der Waals surface area contributed by atoms with Gasteiger partial charge >= 0.3 is 0 Å². The topological polar surface area (TPSA) is 0 Å². The normalized spacial score (nSPS) is 9.80. The van der Waals surface area contributed by atoms with E-state index in [0.717, 1.165) is 0 Å². The average molecular weight is 148 g/mol. The summed E-state index contributed by atoms with van der Waals surface area (Å²) in [5.41, 5.74) is 2.92. The summed E-state index contributed by atoms with van der Waals surface area (Å²) in [6, 6.07) is 6.74. The van der Waals surface area contributed by atoms with Gasteiger partial charge in [0.2, 0.25) is 0 Å². The Bertz CT molecular complexity index is 228. The lowest BCUT2D eigenvalue weighted by Crippen LogP contribution is -2.08. The van der Waals surface area contributed by atoms with Crippen LogP contribution < -0.4 is 4.43 Å². The zero-order chi connectivity index (χ0) is 7.56. The fraction of sp³-hybridized carbons (Fsp3) is 0.333. The molecule has 0 nitrogen and oxygen atoms in total. The van der Waals surface area contributed by atoms with Crippen molar-refractivity contribution in [2.45, 2.75) is 20.3 Å². The average Bonchev–Trinajstić information content (AvgIpc) is 1.94. The molecule has 0 radical (unpaired) electrons. The van der Waals surface area contributed by atoms with E-state index in [1.54, 1.807) is 4.43 Å². The molecule has 0 heterocycles. The van der Waals surface area contributed by atoms with Gasteiger partial charge < -0.3 is 0 Å². The van der Waals surface area contributed by atoms with Gasteiger partial charge in [0.15, 0.2) is 0 Å². The van der Waals surface area contributed by atoms with Crippen molar-refractivity contribution in [3.63, 3.8) is 0 Å². The quantitative estimate of drug-likeness (QED) is 0.517. The molecule has 1 heteroatoms. The third-order valence-corrected chi connectivity index (χ3v) is 2.86. The highest BCUT2D eigenvalue weighted by Crippen LogP contribution is 2.00. The number of aryl methyl sites for hydroxylation is 2. The molecule has 1 aromatic rings. The van der Waals surface area contributed by atoms with Gasteiger partial charge in [-0.3, -0.25) is 0 Å². The van der Waals surface area contributed by atoms with Crippen molar-refractivity contribution in [1.82, 2.24) is 0 Å². The molecule has 0 fully saturated rings. The first-order valence-electron chi connectivity index (χ1n) is 3.80. The zero-order valence-corrected chi connectivity index (χ0v) is 8.94. The summed E-state index contributed by atoms with van der Waals surface area (Å²) in [5, 5.41) is 0. The van der Waals surface area contributed by atoms with E-state index in [0.29, 0.717) is 0 Å². The van der Waals surface area contributed by atoms with Crippen LogP contribution >= 0.6 is 0 Å². The fourth-order valence-corrected chi connectivity index (χ4v) is 1.85. The smallest absolute Gasteiger partial charge is 0.118 e. The summed E-state index contributed by atoms with van der Waals surface area (Å²) in [5.74, 6) is 0. The van der Waals surface area contributed by atoms with E-state index in [9.17, 15) is 0 Å². The Morgan fingerprint density at radius 2 is 2.10 bits per heavy atom. The van der Waals surface area contributed by atoms with Gasteiger partial charge in [-0.2, -0.15) is 0 Å². The predicted octanol–water partition coefficient (Wildman–Crippen LogP) is 0.816. The molecule has 0 aliphatic heterocycles. The van der Waals surface area contributed by atoms with Crippen molar-refractivity contribution in [3.8, 4) is 0 Å². The van der Waals surface area contributed by atoms with Gasteiger partial charge in [-0.25, -0.2) is 0 Å². The molecule has 0 unspecified atom stereocenters. The summed E-state index contributed by atoms with van der Waals surface area (Å²) in [6.45, 7) is 4.37. The van der Waals surface area contributed by atoms with Gasteiger partial charge in [0.1, 0.15) is 0 Å². The molecule has 0 aliphatic carbocycles. The van der Waals surface area contributed by atoms with Gasteiger partial charge in [-0.05, 0) is 13.3 Å². The third-order valence-electron chi connectivity index (χ3n) is 1.89. The van der Waals surface area contributed by atoms with Crippen LogP contribution in [0.25, 0.3) is 0 Å². The lowest BCUT2D eigenvalue weighted by Gasteiger charge is -2.02. The number of hydrogen-bond acceptors (Lipinski definition) is 0. The predicted molar refractivity (Wildman–Crippen MR) is 48.7 cm³/mol. The van der Waals surface area contributed by atoms with Gasteiger partial charge in [-0.15, -0.1) is 4.43 Å². The van der Waals surface area contributed by atoms with Crippen LogP contribution in [0.4, 0.5) is 0 Å². The minimum absolute atomic E-state index is 1.18. The standard InChI is InChI=1S/C9H11.Al.2H/c1-3-9-6-4-5-8(2)7-9;;;/h4-5,7H,3H2,1-2H3;;;. The van der Waals surface area contributed by atoms with Crippen LogP contribution in [-0.2, 0) is 6.42 Å². The maximum absolute atomic E-state index is 2.29. The van der Waals surface area contributed by atoms with Crippen LogP contribution in [-0.4, -0.2) is 16.3 Å². The van der Waals surface area contributed by atoms with Crippen LogP contribution in [0, 0.1) is 6.92 Å². The molecule has 1 rings (SSSR count). The second kappa shape index (κ2) is 3.23. The van der Waals surface area contributed by atoms with Crippen molar-refractivity contribution in [3.05, 3.63) is 29.3 Å². The van der Waals surface area contributed by atoms with Crippen molar-refractivity contribution in [2.24, 2.45) is 0 Å². The first-order chi connectivity index (χ1) is 4.74. The van der Waals surface area contributed by atoms with E-state index in [4.69, 9.17) is 0 Å². The molecule has 0 saturated heterocycles. The van der Waals surface area contributed by atoms with Crippen LogP contribution in [0.2, 0.25) is 0 Å². The highest BCUT2D eigenvalue weighted by atomic mass is 27.0. The summed E-state index contributed by atoms with van der Waals surface area (Å²) >= 11 is 1.18. The van der Waals surface area contributed by atoms with Gasteiger partial charge in [0.25, 0.3) is 16.3 Å². The minimum Gasteiger partial charge on any atom is -0.118 e. The second-order valence-electron chi connectivity index (χ2n) is 2.78. The van der Waals surface area contributed by atoms with Crippen molar-refractivity contribution in [2.75, 3.05) is 0 Å². The van der Waals surface area contributed by atoms with Gasteiger partial charge in [-0.1, -0.05) is 36.2 Å². The molecule has 0 amide bonds. The lowest BCUT2D eigenvalue weighted by molar-refractivity contribution is 1.15. The van der Waals surface area contributed by atoms with Gasteiger partial charge in [0, 0.05) is 0 Å². The highest BCUT2D eigenvalue weighted by Gasteiger charge is 1.93. The maximum atomic E-state index is 2.29. The van der Waals surface area contributed by atoms with Crippen LogP contribution in [0.1, 0.15) is 18.1 Å².